The molecule has 270 valence electrons. The molecule has 0 saturated heterocycles. The van der Waals surface area contributed by atoms with Crippen molar-refractivity contribution in [3.63, 3.8) is 0 Å². The van der Waals surface area contributed by atoms with Crippen LogP contribution in [0.1, 0.15) is 64.5 Å². The quantitative estimate of drug-likeness (QED) is 0.146. The van der Waals surface area contributed by atoms with Gasteiger partial charge in [0.2, 0.25) is 0 Å². The minimum absolute atomic E-state index is 0. The van der Waals surface area contributed by atoms with Crippen LogP contribution in [0.5, 0.6) is 11.5 Å². The Morgan fingerprint density at radius 3 is 1.43 bits per heavy atom. The summed E-state index contributed by atoms with van der Waals surface area (Å²) in [7, 11) is -7.37. The van der Waals surface area contributed by atoms with Crippen molar-refractivity contribution in [2.45, 2.75) is 64.5 Å². The molecule has 0 atom stereocenters. The number of methoxy groups -OCH3 is 1. The van der Waals surface area contributed by atoms with Crippen LogP contribution in [0.3, 0.4) is 0 Å². The number of carboxylic acids is 2. The van der Waals surface area contributed by atoms with E-state index in [0.29, 0.717) is 65.3 Å². The van der Waals surface area contributed by atoms with E-state index in [9.17, 15) is 50.8 Å². The van der Waals surface area contributed by atoms with Gasteiger partial charge >= 0.3 is 118 Å². The molecule has 2 aliphatic heterocycles. The molecular formula is C33H40N2Na4O12S2. The maximum atomic E-state index is 11.3. The first-order valence-corrected chi connectivity index (χ1v) is 18.5. The zero-order valence-electron chi connectivity index (χ0n) is 31.9. The summed E-state index contributed by atoms with van der Waals surface area (Å²) in [5.74, 6) is -2.90. The molecule has 2 aliphatic rings. The van der Waals surface area contributed by atoms with Crippen LogP contribution in [0, 0.1) is 0 Å². The van der Waals surface area contributed by atoms with Gasteiger partial charge in [0.15, 0.2) is 0 Å². The number of rotatable bonds is 13. The van der Waals surface area contributed by atoms with Crippen LogP contribution in [0.25, 0.3) is 11.1 Å². The summed E-state index contributed by atoms with van der Waals surface area (Å²) >= 11 is 0. The van der Waals surface area contributed by atoms with Crippen molar-refractivity contribution in [2.75, 3.05) is 41.5 Å². The van der Waals surface area contributed by atoms with Crippen molar-refractivity contribution in [3.05, 3.63) is 59.7 Å². The van der Waals surface area contributed by atoms with Crippen LogP contribution >= 0.6 is 0 Å². The van der Waals surface area contributed by atoms with Crippen molar-refractivity contribution in [2.24, 2.45) is 0 Å². The Morgan fingerprint density at radius 2 is 1.08 bits per heavy atom. The van der Waals surface area contributed by atoms with Crippen LogP contribution in [-0.4, -0.2) is 85.8 Å². The fourth-order valence-electron chi connectivity index (χ4n) is 6.13. The molecule has 14 nitrogen and oxygen atoms in total. The van der Waals surface area contributed by atoms with Gasteiger partial charge in [-0.05, 0) is 88.8 Å². The fraction of sp³-hybridized carbons (Fsp3) is 0.455. The Balaban J connectivity index is 0. The maximum absolute atomic E-state index is 11.3. The van der Waals surface area contributed by atoms with E-state index in [1.165, 1.54) is 19.2 Å². The molecular weight excluding hydrogens is 772 g/mol. The largest absolute Gasteiger partial charge is 1.00 e. The molecule has 0 saturated carbocycles. The van der Waals surface area contributed by atoms with Gasteiger partial charge in [-0.25, -0.2) is 16.8 Å². The van der Waals surface area contributed by atoms with E-state index >= 15 is 0 Å². The van der Waals surface area contributed by atoms with E-state index in [2.05, 4.69) is 0 Å². The van der Waals surface area contributed by atoms with E-state index in [1.54, 1.807) is 36.4 Å². The predicted octanol–water partition coefficient (Wildman–Crippen LogP) is -10.8. The van der Waals surface area contributed by atoms with Crippen LogP contribution in [0.2, 0.25) is 0 Å². The van der Waals surface area contributed by atoms with Crippen molar-refractivity contribution >= 4 is 54.7 Å². The second kappa shape index (κ2) is 22.7. The number of aromatic hydroxyl groups is 1. The van der Waals surface area contributed by atoms with E-state index < -0.39 is 54.8 Å². The summed E-state index contributed by atoms with van der Waals surface area (Å²) in [4.78, 5) is 25.2. The molecule has 0 radical (unpaired) electrons. The Morgan fingerprint density at radius 1 is 0.698 bits per heavy atom. The molecule has 0 amide bonds. The summed E-state index contributed by atoms with van der Waals surface area (Å²) in [5.41, 5.74) is 2.03. The topological polar surface area (TPSA) is 231 Å². The third kappa shape index (κ3) is 16.7. The summed E-state index contributed by atoms with van der Waals surface area (Å²) in [6.45, 7) is 8.24. The minimum atomic E-state index is -4.46. The molecule has 20 heteroatoms. The number of carboxylic acid groups (broad SMARTS) is 2. The number of fused-ring (bicyclic) bond motifs is 2. The standard InChI is InChI=1S/C17H23NO6S.C16H21NO6S.4Na/c1-17(2)10-12(11-25(21,22)23)14-7-6-13(24-3)9-15(14)18(17)8-4-5-16(19)20;1-16(2)9-11(10-24(21,22)23)13-6-5-12(18)8-14(13)17(16)7-3-4-15(19)20;;;;/h6-7,9-10H,4-5,8,11H2,1-3H3,(H,19,20)(H,21,22,23);5-6,8-9,18H,3-4,7,10H2,1-2H3,(H,19,20)(H,21,22,23);;;;/q;;4*+1/p-4. The zero-order valence-corrected chi connectivity index (χ0v) is 41.6. The van der Waals surface area contributed by atoms with Gasteiger partial charge in [0.05, 0.1) is 49.9 Å². The van der Waals surface area contributed by atoms with Gasteiger partial charge in [0, 0.05) is 59.7 Å². The van der Waals surface area contributed by atoms with Crippen LogP contribution in [0.15, 0.2) is 48.6 Å². The normalized spacial score (nSPS) is 15.1. The van der Waals surface area contributed by atoms with Crippen LogP contribution in [-0.2, 0) is 29.8 Å². The number of ether oxygens (including phenoxy) is 1. The second-order valence-corrected chi connectivity index (χ2v) is 15.7. The molecule has 0 spiro atoms. The third-order valence-corrected chi connectivity index (χ3v) is 9.42. The number of anilines is 2. The molecule has 0 aliphatic carbocycles. The van der Waals surface area contributed by atoms with Crippen molar-refractivity contribution in [1.29, 1.82) is 0 Å². The molecule has 0 aromatic heterocycles. The number of carbonyl (C=O) groups excluding carboxylic acids is 2. The van der Waals surface area contributed by atoms with Gasteiger partial charge in [-0.2, -0.15) is 0 Å². The summed E-state index contributed by atoms with van der Waals surface area (Å²) in [6, 6.07) is 9.64. The fourth-order valence-corrected chi connectivity index (χ4v) is 7.37. The monoisotopic (exact) mass is 812 g/mol. The van der Waals surface area contributed by atoms with Gasteiger partial charge in [-0.15, -0.1) is 0 Å². The molecule has 0 fully saturated rings. The van der Waals surface area contributed by atoms with Crippen LogP contribution < -0.4 is 143 Å². The Hall–Kier alpha value is -0.120. The molecule has 4 rings (SSSR count). The summed E-state index contributed by atoms with van der Waals surface area (Å²) in [5, 5.41) is 31.1. The number of phenols is 1. The average Bonchev–Trinajstić information content (AvgIpc) is 2.93. The third-order valence-electron chi connectivity index (χ3n) is 8.10. The van der Waals surface area contributed by atoms with Gasteiger partial charge in [0.1, 0.15) is 11.5 Å². The first kappa shape index (κ1) is 55.0. The predicted molar refractivity (Wildman–Crippen MR) is 178 cm³/mol. The number of benzene rings is 2. The molecule has 53 heavy (non-hydrogen) atoms. The minimum Gasteiger partial charge on any atom is -0.748 e. The van der Waals surface area contributed by atoms with Crippen molar-refractivity contribution in [3.8, 4) is 11.5 Å². The molecule has 2 heterocycles. The van der Waals surface area contributed by atoms with E-state index in [0.717, 1.165) is 0 Å². The average molecular weight is 813 g/mol. The van der Waals surface area contributed by atoms with E-state index in [4.69, 9.17) is 4.74 Å². The van der Waals surface area contributed by atoms with E-state index in [1.807, 2.05) is 37.5 Å². The number of hydrogen-bond acceptors (Lipinski definition) is 14. The molecule has 0 unspecified atom stereocenters. The number of aliphatic carboxylic acids is 2. The first-order chi connectivity index (χ1) is 22.5. The van der Waals surface area contributed by atoms with Crippen molar-refractivity contribution < 1.29 is 174 Å². The van der Waals surface area contributed by atoms with E-state index in [-0.39, 0.29) is 137 Å². The zero-order chi connectivity index (χ0) is 36.9. The van der Waals surface area contributed by atoms with Gasteiger partial charge < -0.3 is 48.6 Å². The number of nitrogens with zero attached hydrogens (tertiary/aromatic N) is 2. The van der Waals surface area contributed by atoms with Crippen molar-refractivity contribution in [1.82, 2.24) is 0 Å². The maximum Gasteiger partial charge on any atom is 1.00 e. The second-order valence-electron chi connectivity index (χ2n) is 12.9. The smallest absolute Gasteiger partial charge is 0.748 e. The Bertz CT molecular complexity index is 1870. The SMILES string of the molecule is CC1(C)C=C(CS(=O)(=O)[O-])c2ccc(O)cc2N1CCCC(=O)[O-].COc1ccc2c(c1)N(CCCC(=O)[O-])C(C)(C)C=C2CS(=O)(=O)[O-].[Na+].[Na+].[Na+].[Na+]. The van der Waals surface area contributed by atoms with Gasteiger partial charge in [-0.3, -0.25) is 0 Å². The Kier molecular flexibility index (Phi) is 23.6. The number of hydrogen-bond donors (Lipinski definition) is 1. The first-order valence-electron chi connectivity index (χ1n) is 15.3. The number of phenolic OH excluding ortho intramolecular Hbond substituents is 1. The molecule has 1 N–H and O–H groups in total. The Labute approximate surface area is 400 Å². The van der Waals surface area contributed by atoms with Gasteiger partial charge in [0.25, 0.3) is 0 Å². The van der Waals surface area contributed by atoms with Crippen LogP contribution in [0.4, 0.5) is 11.4 Å². The molecule has 2 aromatic rings. The molecule has 0 bridgehead atoms. The number of carbonyl (C=O) groups is 2. The molecule has 2 aromatic carbocycles. The van der Waals surface area contributed by atoms with Gasteiger partial charge in [-0.1, -0.05) is 12.2 Å². The summed E-state index contributed by atoms with van der Waals surface area (Å²) in [6.07, 6.45) is 3.98. The summed E-state index contributed by atoms with van der Waals surface area (Å²) < 4.78 is 72.6.